The Balaban J connectivity index is 2.07. The lowest BCUT2D eigenvalue weighted by Gasteiger charge is -2.32. The van der Waals surface area contributed by atoms with Crippen molar-refractivity contribution in [3.8, 4) is 0 Å². The molecule has 1 N–H and O–H groups in total. The summed E-state index contributed by atoms with van der Waals surface area (Å²) < 4.78 is 0. The summed E-state index contributed by atoms with van der Waals surface area (Å²) in [4.78, 5) is 0. The highest BCUT2D eigenvalue weighted by molar-refractivity contribution is 5.86. The van der Waals surface area contributed by atoms with Crippen LogP contribution in [-0.2, 0) is 0 Å². The summed E-state index contributed by atoms with van der Waals surface area (Å²) in [5.74, 6) is 0.676. The molecule has 1 aliphatic carbocycles. The first-order valence-corrected chi connectivity index (χ1v) is 7.05. The summed E-state index contributed by atoms with van der Waals surface area (Å²) >= 11 is 0. The molecule has 1 nitrogen and oxygen atoms in total. The predicted octanol–water partition coefficient (Wildman–Crippen LogP) is 4.09. The zero-order chi connectivity index (χ0) is 12.4. The van der Waals surface area contributed by atoms with E-state index in [0.29, 0.717) is 12.0 Å². The molecule has 1 saturated carbocycles. The lowest BCUT2D eigenvalue weighted by molar-refractivity contribution is 0.345. The molecule has 2 aromatic carbocycles. The van der Waals surface area contributed by atoms with Gasteiger partial charge in [-0.25, -0.2) is 0 Å². The van der Waals surface area contributed by atoms with Crippen LogP contribution >= 0.6 is 0 Å². The molecule has 0 aromatic heterocycles. The van der Waals surface area contributed by atoms with Gasteiger partial charge in [0, 0.05) is 6.04 Å². The number of hydrogen-bond donors (Lipinski definition) is 1. The van der Waals surface area contributed by atoms with E-state index in [1.54, 1.807) is 0 Å². The van der Waals surface area contributed by atoms with E-state index in [2.05, 4.69) is 54.8 Å². The van der Waals surface area contributed by atoms with E-state index >= 15 is 0 Å². The second-order valence-electron chi connectivity index (χ2n) is 5.35. The van der Waals surface area contributed by atoms with Crippen LogP contribution in [0.3, 0.4) is 0 Å². The van der Waals surface area contributed by atoms with Crippen LogP contribution in [0.5, 0.6) is 0 Å². The van der Waals surface area contributed by atoms with Crippen LogP contribution in [0, 0.1) is 0 Å². The van der Waals surface area contributed by atoms with Gasteiger partial charge in [0.1, 0.15) is 0 Å². The van der Waals surface area contributed by atoms with Crippen molar-refractivity contribution in [1.82, 2.24) is 5.32 Å². The minimum atomic E-state index is 0.643. The van der Waals surface area contributed by atoms with Gasteiger partial charge in [0.2, 0.25) is 0 Å². The lowest BCUT2D eigenvalue weighted by Crippen LogP contribution is -2.34. The van der Waals surface area contributed by atoms with Gasteiger partial charge in [-0.3, -0.25) is 0 Å². The molecule has 2 atom stereocenters. The predicted molar refractivity (Wildman–Crippen MR) is 78.0 cm³/mol. The quantitative estimate of drug-likeness (QED) is 0.832. The molecule has 0 amide bonds. The molecule has 0 radical (unpaired) electrons. The summed E-state index contributed by atoms with van der Waals surface area (Å²) in [6, 6.07) is 16.2. The van der Waals surface area contributed by atoms with Gasteiger partial charge in [0.15, 0.2) is 0 Å². The fourth-order valence-corrected chi connectivity index (χ4v) is 3.42. The number of rotatable bonds is 2. The minimum absolute atomic E-state index is 0.643. The van der Waals surface area contributed by atoms with Gasteiger partial charge in [-0.2, -0.15) is 0 Å². The van der Waals surface area contributed by atoms with E-state index in [-0.39, 0.29) is 0 Å². The molecule has 2 unspecified atom stereocenters. The van der Waals surface area contributed by atoms with Crippen LogP contribution in [0.4, 0.5) is 0 Å². The molecular weight excluding hydrogens is 218 g/mol. The molecule has 0 spiro atoms. The van der Waals surface area contributed by atoms with Crippen molar-refractivity contribution in [3.05, 3.63) is 48.0 Å². The van der Waals surface area contributed by atoms with E-state index in [0.717, 1.165) is 0 Å². The SMILES string of the molecule is CNC1CCCCC1c1cccc2ccccc12. The van der Waals surface area contributed by atoms with Crippen LogP contribution in [0.1, 0.15) is 37.2 Å². The molecule has 1 aliphatic rings. The fourth-order valence-electron chi connectivity index (χ4n) is 3.42. The van der Waals surface area contributed by atoms with Crippen molar-refractivity contribution in [1.29, 1.82) is 0 Å². The van der Waals surface area contributed by atoms with Crippen LogP contribution in [0.2, 0.25) is 0 Å². The maximum absolute atomic E-state index is 3.52. The second-order valence-corrected chi connectivity index (χ2v) is 5.35. The van der Waals surface area contributed by atoms with Crippen LogP contribution in [0.15, 0.2) is 42.5 Å². The van der Waals surface area contributed by atoms with Crippen LogP contribution in [-0.4, -0.2) is 13.1 Å². The van der Waals surface area contributed by atoms with Gasteiger partial charge in [-0.05, 0) is 42.1 Å². The molecule has 3 rings (SSSR count). The normalized spacial score (nSPS) is 24.3. The Morgan fingerprint density at radius 2 is 1.72 bits per heavy atom. The van der Waals surface area contributed by atoms with E-state index < -0.39 is 0 Å². The number of nitrogens with one attached hydrogen (secondary N) is 1. The molecule has 0 bridgehead atoms. The van der Waals surface area contributed by atoms with Gasteiger partial charge in [0.25, 0.3) is 0 Å². The first kappa shape index (κ1) is 11.7. The summed E-state index contributed by atoms with van der Waals surface area (Å²) in [7, 11) is 2.11. The first-order valence-electron chi connectivity index (χ1n) is 7.05. The molecular formula is C17H21N. The van der Waals surface area contributed by atoms with E-state index in [9.17, 15) is 0 Å². The molecule has 1 fully saturated rings. The lowest BCUT2D eigenvalue weighted by atomic mass is 9.78. The largest absolute Gasteiger partial charge is 0.316 e. The third-order valence-electron chi connectivity index (χ3n) is 4.36. The molecule has 1 heteroatoms. The maximum Gasteiger partial charge on any atom is 0.0133 e. The standard InChI is InChI=1S/C17H21N/c1-18-17-12-5-4-10-16(17)15-11-6-8-13-7-2-3-9-14(13)15/h2-3,6-9,11,16-18H,4-5,10,12H2,1H3. The van der Waals surface area contributed by atoms with Gasteiger partial charge >= 0.3 is 0 Å². The minimum Gasteiger partial charge on any atom is -0.316 e. The molecule has 0 heterocycles. The number of hydrogen-bond acceptors (Lipinski definition) is 1. The highest BCUT2D eigenvalue weighted by atomic mass is 14.9. The van der Waals surface area contributed by atoms with E-state index in [4.69, 9.17) is 0 Å². The smallest absolute Gasteiger partial charge is 0.0133 e. The van der Waals surface area contributed by atoms with Gasteiger partial charge in [0.05, 0.1) is 0 Å². The van der Waals surface area contributed by atoms with Gasteiger partial charge in [-0.15, -0.1) is 0 Å². The number of likely N-dealkylation sites (N-methyl/N-ethyl adjacent to an activating group) is 1. The monoisotopic (exact) mass is 239 g/mol. The Labute approximate surface area is 109 Å². The number of benzene rings is 2. The molecule has 18 heavy (non-hydrogen) atoms. The summed E-state index contributed by atoms with van der Waals surface area (Å²) in [5.41, 5.74) is 1.53. The average Bonchev–Trinajstić information content (AvgIpc) is 2.46. The highest BCUT2D eigenvalue weighted by Crippen LogP contribution is 2.36. The van der Waals surface area contributed by atoms with Crippen molar-refractivity contribution in [2.45, 2.75) is 37.6 Å². The van der Waals surface area contributed by atoms with Crippen LogP contribution in [0.25, 0.3) is 10.8 Å². The fraction of sp³-hybridized carbons (Fsp3) is 0.412. The summed E-state index contributed by atoms with van der Waals surface area (Å²) in [5, 5.41) is 6.33. The number of fused-ring (bicyclic) bond motifs is 1. The topological polar surface area (TPSA) is 12.0 Å². The van der Waals surface area contributed by atoms with Gasteiger partial charge in [-0.1, -0.05) is 55.3 Å². The Kier molecular flexibility index (Phi) is 3.33. The van der Waals surface area contributed by atoms with Crippen molar-refractivity contribution in [3.63, 3.8) is 0 Å². The molecule has 0 aliphatic heterocycles. The van der Waals surface area contributed by atoms with Crippen molar-refractivity contribution < 1.29 is 0 Å². The third-order valence-corrected chi connectivity index (χ3v) is 4.36. The third kappa shape index (κ3) is 2.04. The zero-order valence-corrected chi connectivity index (χ0v) is 11.0. The molecule has 0 saturated heterocycles. The Morgan fingerprint density at radius 3 is 2.61 bits per heavy atom. The first-order chi connectivity index (χ1) is 8.90. The van der Waals surface area contributed by atoms with Crippen molar-refractivity contribution in [2.24, 2.45) is 0 Å². The second kappa shape index (κ2) is 5.11. The zero-order valence-electron chi connectivity index (χ0n) is 11.0. The maximum atomic E-state index is 3.52. The highest BCUT2D eigenvalue weighted by Gasteiger charge is 2.26. The average molecular weight is 239 g/mol. The van der Waals surface area contributed by atoms with Crippen LogP contribution < -0.4 is 5.32 Å². The molecule has 94 valence electrons. The van der Waals surface area contributed by atoms with E-state index in [1.807, 2.05) is 0 Å². The Morgan fingerprint density at radius 1 is 0.944 bits per heavy atom. The molecule has 2 aromatic rings. The van der Waals surface area contributed by atoms with Crippen molar-refractivity contribution >= 4 is 10.8 Å². The Bertz CT molecular complexity index is 527. The Hall–Kier alpha value is -1.34. The summed E-state index contributed by atoms with van der Waals surface area (Å²) in [6.45, 7) is 0. The summed E-state index contributed by atoms with van der Waals surface area (Å²) in [6.07, 6.45) is 5.36. The van der Waals surface area contributed by atoms with Gasteiger partial charge < -0.3 is 5.32 Å². The van der Waals surface area contributed by atoms with E-state index in [1.165, 1.54) is 42.0 Å². The van der Waals surface area contributed by atoms with Crippen molar-refractivity contribution in [2.75, 3.05) is 7.05 Å².